The van der Waals surface area contributed by atoms with Crippen molar-refractivity contribution >= 4 is 52.1 Å². The van der Waals surface area contributed by atoms with Gasteiger partial charge in [-0.15, -0.1) is 0 Å². The Morgan fingerprint density at radius 2 is 1.60 bits per heavy atom. The average Bonchev–Trinajstić information content (AvgIpc) is 3.55. The fourth-order valence-corrected chi connectivity index (χ4v) is 6.87. The number of carbonyl (C=O) groups is 5. The number of carbonyl (C=O) groups excluding carboxylic acids is 5. The molecule has 1 fully saturated rings. The number of aliphatic hydroxyl groups is 1. The highest BCUT2D eigenvalue weighted by atomic mass is 35.5. The summed E-state index contributed by atoms with van der Waals surface area (Å²) in [6.07, 6.45) is -5.67. The van der Waals surface area contributed by atoms with Gasteiger partial charge in [-0.25, -0.2) is 4.21 Å². The Morgan fingerprint density at radius 1 is 0.982 bits per heavy atom. The lowest BCUT2D eigenvalue weighted by atomic mass is 9.93. The fourth-order valence-electron chi connectivity index (χ4n) is 5.76. The maximum atomic E-state index is 15.1. The number of nitrogens with zero attached hydrogens (tertiary/aromatic N) is 1. The third-order valence-electron chi connectivity index (χ3n) is 8.56. The SMILES string of the molecule is COc1ccc(C([C@@H]2C[C@@H](C(=O)N[C@H](C(=O)C(F)(F)C(=O)NCC(F)(F)F)C(C)C)N(C(=O)[C@H](CO)NC(=O)C(F)(F)c3cccc(Cl)c3)C2)S(=O)O)cc1. The van der Waals surface area contributed by atoms with Crippen molar-refractivity contribution in [1.82, 2.24) is 20.9 Å². The molecule has 2 aromatic carbocycles. The van der Waals surface area contributed by atoms with Gasteiger partial charge in [-0.2, -0.15) is 30.7 Å². The first kappa shape index (κ1) is 45.1. The van der Waals surface area contributed by atoms with Crippen molar-refractivity contribution in [3.8, 4) is 5.75 Å². The zero-order valence-corrected chi connectivity index (χ0v) is 30.6. The van der Waals surface area contributed by atoms with Gasteiger partial charge in [0.05, 0.1) is 25.0 Å². The number of nitrogens with one attached hydrogen (secondary N) is 3. The first-order valence-electron chi connectivity index (χ1n) is 16.1. The van der Waals surface area contributed by atoms with Crippen LogP contribution < -0.4 is 20.7 Å². The van der Waals surface area contributed by atoms with Crippen LogP contribution in [0, 0.1) is 11.8 Å². The molecule has 1 saturated heterocycles. The molecule has 6 atom stereocenters. The second kappa shape index (κ2) is 18.1. The molecule has 3 rings (SSSR count). The number of hydrogen-bond donors (Lipinski definition) is 5. The molecule has 13 nitrogen and oxygen atoms in total. The van der Waals surface area contributed by atoms with Gasteiger partial charge in [0.2, 0.25) is 17.6 Å². The van der Waals surface area contributed by atoms with E-state index in [1.54, 1.807) is 5.32 Å². The predicted molar refractivity (Wildman–Crippen MR) is 180 cm³/mol. The lowest BCUT2D eigenvalue weighted by Crippen LogP contribution is -2.60. The number of Topliss-reactive ketones (excluding diaryl/α,β-unsaturated/α-hetero) is 1. The monoisotopic (exact) mass is 832 g/mol. The molecule has 55 heavy (non-hydrogen) atoms. The highest BCUT2D eigenvalue weighted by Crippen LogP contribution is 2.39. The first-order valence-corrected chi connectivity index (χ1v) is 17.7. The van der Waals surface area contributed by atoms with Crippen molar-refractivity contribution in [2.75, 3.05) is 26.8 Å². The Morgan fingerprint density at radius 3 is 2.11 bits per heavy atom. The van der Waals surface area contributed by atoms with E-state index in [9.17, 15) is 59.8 Å². The maximum Gasteiger partial charge on any atom is 0.405 e. The van der Waals surface area contributed by atoms with Crippen molar-refractivity contribution < 1.29 is 73.3 Å². The van der Waals surface area contributed by atoms with Crippen LogP contribution in [-0.4, -0.2) is 105 Å². The first-order chi connectivity index (χ1) is 25.5. The second-order valence-electron chi connectivity index (χ2n) is 12.7. The minimum atomic E-state index is -5.12. The average molecular weight is 833 g/mol. The Balaban J connectivity index is 2.00. The molecule has 5 N–H and O–H groups in total. The second-order valence-corrected chi connectivity index (χ2v) is 14.2. The number of ether oxygens (including phenoxy) is 1. The Bertz CT molecular complexity index is 1770. The van der Waals surface area contributed by atoms with Gasteiger partial charge in [0.15, 0.2) is 11.1 Å². The van der Waals surface area contributed by atoms with Crippen LogP contribution in [0.2, 0.25) is 5.02 Å². The molecule has 1 heterocycles. The third-order valence-corrected chi connectivity index (χ3v) is 9.88. The van der Waals surface area contributed by atoms with E-state index < -0.39 is 125 Å². The standard InChI is InChI=1S/C33H36ClF7N4O9S/c1-16(2)24(26(47)33(40,41)29(50)42-15-31(35,36)37)44-27(48)23-11-18(25(55(52)53)17-7-9-21(54-3)10-8-17)13-45(23)28(49)22(14-46)43-30(51)32(38,39)19-5-4-6-20(34)12-19/h4-10,12,16,18,22-25,46H,11,13-15H2,1-3H3,(H,42,50)(H,43,51)(H,44,48)(H,52,53)/t18-,22+,23+,24+,25?/m1/s1. The van der Waals surface area contributed by atoms with Gasteiger partial charge in [0.25, 0.3) is 11.8 Å². The Labute approximate surface area is 316 Å². The molecule has 304 valence electrons. The maximum absolute atomic E-state index is 15.1. The van der Waals surface area contributed by atoms with Crippen LogP contribution in [0.15, 0.2) is 48.5 Å². The molecule has 1 aliphatic heterocycles. The molecule has 0 bridgehead atoms. The van der Waals surface area contributed by atoms with E-state index in [2.05, 4.69) is 0 Å². The number of aliphatic hydroxyl groups excluding tert-OH is 1. The highest BCUT2D eigenvalue weighted by molar-refractivity contribution is 7.79. The lowest BCUT2D eigenvalue weighted by molar-refractivity contribution is -0.165. The molecule has 22 heteroatoms. The van der Waals surface area contributed by atoms with Gasteiger partial charge in [-0.3, -0.25) is 24.0 Å². The molecule has 0 saturated carbocycles. The molecule has 2 aromatic rings. The highest BCUT2D eigenvalue weighted by Gasteiger charge is 2.53. The number of halogens is 8. The van der Waals surface area contributed by atoms with Crippen LogP contribution >= 0.6 is 11.6 Å². The summed E-state index contributed by atoms with van der Waals surface area (Å²) in [5, 5.41) is 13.1. The number of hydrogen-bond acceptors (Lipinski definition) is 8. The van der Waals surface area contributed by atoms with E-state index in [1.807, 2.05) is 5.32 Å². The van der Waals surface area contributed by atoms with Crippen LogP contribution in [0.25, 0.3) is 0 Å². The largest absolute Gasteiger partial charge is 0.497 e. The van der Waals surface area contributed by atoms with E-state index >= 15 is 8.78 Å². The summed E-state index contributed by atoms with van der Waals surface area (Å²) in [5.41, 5.74) is -0.700. The van der Waals surface area contributed by atoms with Gasteiger partial charge in [0.1, 0.15) is 24.4 Å². The molecule has 0 radical (unpaired) electrons. The van der Waals surface area contributed by atoms with E-state index in [4.69, 9.17) is 16.3 Å². The van der Waals surface area contributed by atoms with Crippen molar-refractivity contribution in [2.45, 2.75) is 61.7 Å². The number of amides is 4. The molecular formula is C33H36ClF7N4O9S. The van der Waals surface area contributed by atoms with E-state index in [-0.39, 0.29) is 10.6 Å². The molecule has 0 aromatic heterocycles. The third kappa shape index (κ3) is 10.9. The summed E-state index contributed by atoms with van der Waals surface area (Å²) in [6, 6.07) is 3.32. The molecule has 2 unspecified atom stereocenters. The van der Waals surface area contributed by atoms with Crippen molar-refractivity contribution in [1.29, 1.82) is 0 Å². The summed E-state index contributed by atoms with van der Waals surface area (Å²) >= 11 is 3.03. The van der Waals surface area contributed by atoms with Crippen LogP contribution in [-0.2, 0) is 41.0 Å². The summed E-state index contributed by atoms with van der Waals surface area (Å²) < 4.78 is 126. The molecule has 1 aliphatic rings. The number of rotatable bonds is 16. The van der Waals surface area contributed by atoms with Crippen molar-refractivity contribution in [3.63, 3.8) is 0 Å². The summed E-state index contributed by atoms with van der Waals surface area (Å²) in [4.78, 5) is 66.0. The Hall–Kier alpha value is -4.34. The van der Waals surface area contributed by atoms with Crippen LogP contribution in [0.4, 0.5) is 30.7 Å². The van der Waals surface area contributed by atoms with Gasteiger partial charge in [0, 0.05) is 17.1 Å². The number of methoxy groups -OCH3 is 1. The van der Waals surface area contributed by atoms with Gasteiger partial charge < -0.3 is 35.2 Å². The van der Waals surface area contributed by atoms with Crippen LogP contribution in [0.1, 0.15) is 36.6 Å². The zero-order valence-electron chi connectivity index (χ0n) is 29.0. The van der Waals surface area contributed by atoms with Crippen molar-refractivity contribution in [2.24, 2.45) is 11.8 Å². The molecular weight excluding hydrogens is 797 g/mol. The predicted octanol–water partition coefficient (Wildman–Crippen LogP) is 3.12. The molecule has 0 aliphatic carbocycles. The van der Waals surface area contributed by atoms with Gasteiger partial charge >= 0.3 is 18.0 Å². The molecule has 4 amide bonds. The topological polar surface area (TPSA) is 191 Å². The quantitative estimate of drug-likeness (QED) is 0.0962. The summed E-state index contributed by atoms with van der Waals surface area (Å²) in [7, 11) is 1.35. The van der Waals surface area contributed by atoms with Gasteiger partial charge in [-0.1, -0.05) is 49.7 Å². The summed E-state index contributed by atoms with van der Waals surface area (Å²) in [5.74, 6) is -21.3. The van der Waals surface area contributed by atoms with Crippen molar-refractivity contribution in [3.05, 3.63) is 64.7 Å². The number of benzene rings is 2. The zero-order chi connectivity index (χ0) is 41.6. The smallest absolute Gasteiger partial charge is 0.405 e. The van der Waals surface area contributed by atoms with E-state index in [1.165, 1.54) is 37.4 Å². The van der Waals surface area contributed by atoms with E-state index in [0.29, 0.717) is 10.6 Å². The Kier molecular flexibility index (Phi) is 14.8. The minimum Gasteiger partial charge on any atom is -0.497 e. The fraction of sp³-hybridized carbons (Fsp3) is 0.485. The minimum absolute atomic E-state index is 0.165. The summed E-state index contributed by atoms with van der Waals surface area (Å²) in [6.45, 7) is -1.89. The van der Waals surface area contributed by atoms with Crippen LogP contribution in [0.3, 0.4) is 0 Å². The number of alkyl halides is 7. The van der Waals surface area contributed by atoms with Crippen LogP contribution in [0.5, 0.6) is 5.75 Å². The lowest BCUT2D eigenvalue weighted by Gasteiger charge is -2.31. The number of ketones is 1. The normalized spacial score (nSPS) is 18.5. The molecule has 0 spiro atoms. The van der Waals surface area contributed by atoms with Gasteiger partial charge in [-0.05, 0) is 48.1 Å². The number of likely N-dealkylation sites (tertiary alicyclic amines) is 1. The van der Waals surface area contributed by atoms with E-state index in [0.717, 1.165) is 37.4 Å².